The van der Waals surface area contributed by atoms with Crippen LogP contribution in [0.4, 0.5) is 0 Å². The molecular formula is C15H17N5O. The monoisotopic (exact) mass is 283 g/mol. The van der Waals surface area contributed by atoms with Crippen molar-refractivity contribution in [3.63, 3.8) is 0 Å². The molecule has 21 heavy (non-hydrogen) atoms. The van der Waals surface area contributed by atoms with Crippen molar-refractivity contribution >= 4 is 11.4 Å². The summed E-state index contributed by atoms with van der Waals surface area (Å²) < 4.78 is 3.66. The highest BCUT2D eigenvalue weighted by atomic mass is 16.1. The number of hydrogen-bond acceptors (Lipinski definition) is 3. The molecule has 3 aromatic heterocycles. The van der Waals surface area contributed by atoms with E-state index in [9.17, 15) is 4.79 Å². The Morgan fingerprint density at radius 1 is 1.38 bits per heavy atom. The lowest BCUT2D eigenvalue weighted by Gasteiger charge is -2.17. The van der Waals surface area contributed by atoms with Gasteiger partial charge in [0.15, 0.2) is 0 Å². The van der Waals surface area contributed by atoms with Gasteiger partial charge >= 0.3 is 0 Å². The van der Waals surface area contributed by atoms with Gasteiger partial charge in [0.2, 0.25) is 0 Å². The first-order valence-corrected chi connectivity index (χ1v) is 6.97. The van der Waals surface area contributed by atoms with Gasteiger partial charge in [0, 0.05) is 31.2 Å². The van der Waals surface area contributed by atoms with E-state index in [1.165, 1.54) is 0 Å². The lowest BCUT2D eigenvalue weighted by atomic mass is 10.2. The zero-order chi connectivity index (χ0) is 14.7. The van der Waals surface area contributed by atoms with Crippen LogP contribution in [0.1, 0.15) is 23.7 Å². The minimum absolute atomic E-state index is 0.0605. The summed E-state index contributed by atoms with van der Waals surface area (Å²) in [6.45, 7) is 2.76. The molecule has 0 bridgehead atoms. The molecule has 0 spiro atoms. The topological polar surface area (TPSA) is 64.2 Å². The van der Waals surface area contributed by atoms with Crippen molar-refractivity contribution in [2.45, 2.75) is 25.9 Å². The first-order valence-electron chi connectivity index (χ1n) is 6.97. The van der Waals surface area contributed by atoms with Crippen LogP contribution >= 0.6 is 0 Å². The van der Waals surface area contributed by atoms with Gasteiger partial charge in [-0.25, -0.2) is 9.50 Å². The highest BCUT2D eigenvalue weighted by molar-refractivity contribution is 6.00. The van der Waals surface area contributed by atoms with Gasteiger partial charge in [0.1, 0.15) is 0 Å². The molecule has 0 saturated carbocycles. The van der Waals surface area contributed by atoms with E-state index in [-0.39, 0.29) is 11.9 Å². The first kappa shape index (κ1) is 13.4. The Bertz CT molecular complexity index is 731. The molecule has 0 aliphatic heterocycles. The summed E-state index contributed by atoms with van der Waals surface area (Å²) in [5.74, 6) is -0.0943. The number of nitrogens with one attached hydrogen (secondary N) is 1. The SMILES string of the molecule is CC[C@@H](Cn1ccnc1)NC(=O)c1cnn2ccccc12. The van der Waals surface area contributed by atoms with E-state index < -0.39 is 0 Å². The number of carbonyl (C=O) groups excluding carboxylic acids is 1. The number of amides is 1. The van der Waals surface area contributed by atoms with Crippen LogP contribution in [0.15, 0.2) is 49.3 Å². The van der Waals surface area contributed by atoms with Crippen molar-refractivity contribution in [2.75, 3.05) is 0 Å². The largest absolute Gasteiger partial charge is 0.347 e. The summed E-state index contributed by atoms with van der Waals surface area (Å²) in [5, 5.41) is 7.25. The second-order valence-corrected chi connectivity index (χ2v) is 4.93. The van der Waals surface area contributed by atoms with Crippen molar-refractivity contribution in [3.8, 4) is 0 Å². The van der Waals surface area contributed by atoms with Crippen LogP contribution < -0.4 is 5.32 Å². The van der Waals surface area contributed by atoms with Crippen LogP contribution in [-0.4, -0.2) is 31.1 Å². The van der Waals surface area contributed by atoms with E-state index in [0.29, 0.717) is 12.1 Å². The lowest BCUT2D eigenvalue weighted by Crippen LogP contribution is -2.37. The van der Waals surface area contributed by atoms with E-state index >= 15 is 0 Å². The summed E-state index contributed by atoms with van der Waals surface area (Å²) in [7, 11) is 0. The molecule has 0 aliphatic rings. The normalized spacial score (nSPS) is 12.4. The zero-order valence-electron chi connectivity index (χ0n) is 11.8. The Balaban J connectivity index is 1.75. The zero-order valence-corrected chi connectivity index (χ0v) is 11.8. The molecule has 0 saturated heterocycles. The van der Waals surface area contributed by atoms with Gasteiger partial charge in [-0.2, -0.15) is 5.10 Å². The molecule has 108 valence electrons. The van der Waals surface area contributed by atoms with Crippen LogP contribution in [0.5, 0.6) is 0 Å². The Morgan fingerprint density at radius 3 is 3.05 bits per heavy atom. The van der Waals surface area contributed by atoms with E-state index in [2.05, 4.69) is 22.3 Å². The molecule has 0 fully saturated rings. The van der Waals surface area contributed by atoms with Gasteiger partial charge in [-0.15, -0.1) is 0 Å². The van der Waals surface area contributed by atoms with Crippen LogP contribution in [0, 0.1) is 0 Å². The fraction of sp³-hybridized carbons (Fsp3) is 0.267. The minimum atomic E-state index is -0.0943. The fourth-order valence-electron chi connectivity index (χ4n) is 2.30. The van der Waals surface area contributed by atoms with Crippen molar-refractivity contribution in [1.29, 1.82) is 0 Å². The molecule has 0 aromatic carbocycles. The van der Waals surface area contributed by atoms with Gasteiger partial charge < -0.3 is 9.88 Å². The van der Waals surface area contributed by atoms with Gasteiger partial charge in [-0.3, -0.25) is 4.79 Å². The molecule has 6 heteroatoms. The molecule has 1 atom stereocenters. The van der Waals surface area contributed by atoms with E-state index in [1.807, 2.05) is 35.2 Å². The Morgan fingerprint density at radius 2 is 2.29 bits per heavy atom. The van der Waals surface area contributed by atoms with E-state index in [0.717, 1.165) is 11.9 Å². The quantitative estimate of drug-likeness (QED) is 0.775. The predicted molar refractivity (Wildman–Crippen MR) is 79.0 cm³/mol. The number of aromatic nitrogens is 4. The molecule has 3 aromatic rings. The Labute approximate surface area is 122 Å². The van der Waals surface area contributed by atoms with Gasteiger partial charge in [0.25, 0.3) is 5.91 Å². The molecule has 3 rings (SSSR count). The number of rotatable bonds is 5. The van der Waals surface area contributed by atoms with Crippen LogP contribution in [0.2, 0.25) is 0 Å². The molecule has 0 unspecified atom stereocenters. The molecule has 0 aliphatic carbocycles. The lowest BCUT2D eigenvalue weighted by molar-refractivity contribution is 0.0933. The van der Waals surface area contributed by atoms with Crippen LogP contribution in [0.3, 0.4) is 0 Å². The van der Waals surface area contributed by atoms with Crippen molar-refractivity contribution < 1.29 is 4.79 Å². The maximum atomic E-state index is 12.4. The number of pyridine rings is 1. The van der Waals surface area contributed by atoms with Gasteiger partial charge in [-0.1, -0.05) is 13.0 Å². The molecular weight excluding hydrogens is 266 g/mol. The number of nitrogens with zero attached hydrogens (tertiary/aromatic N) is 4. The second-order valence-electron chi connectivity index (χ2n) is 4.93. The minimum Gasteiger partial charge on any atom is -0.347 e. The first-order chi connectivity index (χ1) is 10.3. The number of imidazole rings is 1. The van der Waals surface area contributed by atoms with Crippen molar-refractivity contribution in [3.05, 3.63) is 54.9 Å². The summed E-state index contributed by atoms with van der Waals surface area (Å²) in [4.78, 5) is 16.4. The van der Waals surface area contributed by atoms with E-state index in [1.54, 1.807) is 23.2 Å². The summed E-state index contributed by atoms with van der Waals surface area (Å²) in [6, 6.07) is 5.73. The fourth-order valence-corrected chi connectivity index (χ4v) is 2.30. The van der Waals surface area contributed by atoms with Crippen LogP contribution in [-0.2, 0) is 6.54 Å². The summed E-state index contributed by atoms with van der Waals surface area (Å²) in [5.41, 5.74) is 1.41. The third kappa shape index (κ3) is 2.79. The predicted octanol–water partition coefficient (Wildman–Crippen LogP) is 1.74. The molecule has 0 radical (unpaired) electrons. The maximum Gasteiger partial charge on any atom is 0.255 e. The smallest absolute Gasteiger partial charge is 0.255 e. The average molecular weight is 283 g/mol. The van der Waals surface area contributed by atoms with Crippen molar-refractivity contribution in [2.24, 2.45) is 0 Å². The molecule has 6 nitrogen and oxygen atoms in total. The van der Waals surface area contributed by atoms with Crippen LogP contribution in [0.25, 0.3) is 5.52 Å². The second kappa shape index (κ2) is 5.78. The Hall–Kier alpha value is -2.63. The summed E-state index contributed by atoms with van der Waals surface area (Å²) in [6.07, 6.45) is 9.67. The van der Waals surface area contributed by atoms with Gasteiger partial charge in [0.05, 0.1) is 23.6 Å². The maximum absolute atomic E-state index is 12.4. The average Bonchev–Trinajstić information content (AvgIpc) is 3.15. The number of fused-ring (bicyclic) bond motifs is 1. The highest BCUT2D eigenvalue weighted by Gasteiger charge is 2.16. The number of hydrogen-bond donors (Lipinski definition) is 1. The molecule has 3 heterocycles. The van der Waals surface area contributed by atoms with Gasteiger partial charge in [-0.05, 0) is 18.6 Å². The number of carbonyl (C=O) groups is 1. The molecule has 1 amide bonds. The molecule has 1 N–H and O–H groups in total. The summed E-state index contributed by atoms with van der Waals surface area (Å²) >= 11 is 0. The van der Waals surface area contributed by atoms with Crippen molar-refractivity contribution in [1.82, 2.24) is 24.5 Å². The third-order valence-corrected chi connectivity index (χ3v) is 3.49. The van der Waals surface area contributed by atoms with E-state index in [4.69, 9.17) is 0 Å². The Kier molecular flexibility index (Phi) is 3.68. The third-order valence-electron chi connectivity index (χ3n) is 3.49. The standard InChI is InChI=1S/C15H17N5O/c1-2-12(10-19-8-6-16-11-19)18-15(21)13-9-17-20-7-4-3-5-14(13)20/h3-9,11-12H,2,10H2,1H3,(H,18,21)/t12-/m0/s1. The highest BCUT2D eigenvalue weighted by Crippen LogP contribution is 2.10.